The van der Waals surface area contributed by atoms with Crippen LogP contribution in [0.15, 0.2) is 30.3 Å². The van der Waals surface area contributed by atoms with E-state index in [2.05, 4.69) is 16.0 Å². The molecule has 28 heavy (non-hydrogen) atoms. The Hall–Kier alpha value is -4.06. The second kappa shape index (κ2) is 7.67. The first-order chi connectivity index (χ1) is 13.5. The summed E-state index contributed by atoms with van der Waals surface area (Å²) in [6.07, 6.45) is 1.61. The van der Waals surface area contributed by atoms with Crippen LogP contribution in [-0.2, 0) is 0 Å². The Bertz CT molecular complexity index is 1100. The molecule has 1 aromatic heterocycles. The lowest BCUT2D eigenvalue weighted by Crippen LogP contribution is -1.96. The Morgan fingerprint density at radius 2 is 1.86 bits per heavy atom. The highest BCUT2D eigenvalue weighted by atomic mass is 16.6. The standard InChI is InChI=1S/C19H16N4O5/c1-26-16-7-11(8-17(27-2)18(16)28-3)6-12(10-20)19-21-14-5-4-13(23(24)25)9-15(14)22-19/h4-9H,1-3H3,(H,21,22)/b12-6+. The number of methoxy groups -OCH3 is 3. The molecule has 3 aromatic rings. The minimum atomic E-state index is -0.489. The Morgan fingerprint density at radius 1 is 1.18 bits per heavy atom. The first-order valence-electron chi connectivity index (χ1n) is 8.07. The van der Waals surface area contributed by atoms with Gasteiger partial charge in [0.15, 0.2) is 11.5 Å². The van der Waals surface area contributed by atoms with Gasteiger partial charge in [0.05, 0.1) is 42.9 Å². The van der Waals surface area contributed by atoms with Gasteiger partial charge in [-0.15, -0.1) is 0 Å². The molecule has 0 bridgehead atoms. The van der Waals surface area contributed by atoms with Crippen LogP contribution >= 0.6 is 0 Å². The van der Waals surface area contributed by atoms with E-state index in [0.717, 1.165) is 0 Å². The van der Waals surface area contributed by atoms with Gasteiger partial charge < -0.3 is 19.2 Å². The summed E-state index contributed by atoms with van der Waals surface area (Å²) in [4.78, 5) is 17.7. The van der Waals surface area contributed by atoms with Gasteiger partial charge in [-0.25, -0.2) is 4.98 Å². The molecule has 0 aliphatic rings. The van der Waals surface area contributed by atoms with Gasteiger partial charge in [0, 0.05) is 12.1 Å². The Kier molecular flexibility index (Phi) is 5.13. The van der Waals surface area contributed by atoms with Gasteiger partial charge >= 0.3 is 0 Å². The number of nitrogens with one attached hydrogen (secondary N) is 1. The number of nitriles is 1. The van der Waals surface area contributed by atoms with E-state index in [9.17, 15) is 15.4 Å². The molecule has 0 amide bonds. The number of benzene rings is 2. The van der Waals surface area contributed by atoms with Crippen LogP contribution in [0, 0.1) is 21.4 Å². The number of hydrogen-bond acceptors (Lipinski definition) is 7. The number of aromatic nitrogens is 2. The number of nitrogens with zero attached hydrogens (tertiary/aromatic N) is 3. The molecule has 0 unspecified atom stereocenters. The highest BCUT2D eigenvalue weighted by Gasteiger charge is 2.15. The van der Waals surface area contributed by atoms with E-state index in [0.29, 0.717) is 39.7 Å². The zero-order chi connectivity index (χ0) is 20.3. The molecule has 0 saturated heterocycles. The molecule has 142 valence electrons. The monoisotopic (exact) mass is 380 g/mol. The number of fused-ring (bicyclic) bond motifs is 1. The third kappa shape index (κ3) is 3.43. The number of nitro benzene ring substituents is 1. The lowest BCUT2D eigenvalue weighted by molar-refractivity contribution is -0.384. The Labute approximate surface area is 159 Å². The number of nitro groups is 1. The largest absolute Gasteiger partial charge is 0.493 e. The van der Waals surface area contributed by atoms with Crippen LogP contribution in [0.4, 0.5) is 5.69 Å². The van der Waals surface area contributed by atoms with E-state index >= 15 is 0 Å². The molecule has 0 fully saturated rings. The second-order valence-corrected chi connectivity index (χ2v) is 5.67. The summed E-state index contributed by atoms with van der Waals surface area (Å²) in [5, 5.41) is 20.5. The number of hydrogen-bond donors (Lipinski definition) is 1. The molecular formula is C19H16N4O5. The molecule has 0 spiro atoms. The average molecular weight is 380 g/mol. The van der Waals surface area contributed by atoms with E-state index in [-0.39, 0.29) is 11.3 Å². The lowest BCUT2D eigenvalue weighted by Gasteiger charge is -2.13. The van der Waals surface area contributed by atoms with Crippen molar-refractivity contribution in [2.45, 2.75) is 0 Å². The van der Waals surface area contributed by atoms with Gasteiger partial charge in [-0.05, 0) is 29.8 Å². The van der Waals surface area contributed by atoms with E-state index < -0.39 is 4.92 Å². The van der Waals surface area contributed by atoms with Crippen LogP contribution < -0.4 is 14.2 Å². The molecule has 0 aliphatic heterocycles. The molecule has 3 rings (SSSR count). The third-order valence-electron chi connectivity index (χ3n) is 4.05. The van der Waals surface area contributed by atoms with Crippen molar-refractivity contribution in [1.29, 1.82) is 5.26 Å². The highest BCUT2D eigenvalue weighted by molar-refractivity contribution is 5.91. The fraction of sp³-hybridized carbons (Fsp3) is 0.158. The minimum Gasteiger partial charge on any atom is -0.493 e. The van der Waals surface area contributed by atoms with Gasteiger partial charge in [-0.1, -0.05) is 0 Å². The molecule has 0 radical (unpaired) electrons. The molecule has 0 saturated carbocycles. The molecule has 1 N–H and O–H groups in total. The Balaban J connectivity index is 2.08. The number of non-ortho nitro benzene ring substituents is 1. The lowest BCUT2D eigenvalue weighted by atomic mass is 10.1. The van der Waals surface area contributed by atoms with E-state index in [1.165, 1.54) is 39.5 Å². The fourth-order valence-electron chi connectivity index (χ4n) is 2.74. The summed E-state index contributed by atoms with van der Waals surface area (Å²) in [6.45, 7) is 0. The van der Waals surface area contributed by atoms with Gasteiger partial charge in [0.1, 0.15) is 11.9 Å². The van der Waals surface area contributed by atoms with Gasteiger partial charge in [0.25, 0.3) is 5.69 Å². The van der Waals surface area contributed by atoms with Crippen molar-refractivity contribution in [2.75, 3.05) is 21.3 Å². The minimum absolute atomic E-state index is 0.0604. The number of ether oxygens (including phenoxy) is 3. The predicted molar refractivity (Wildman–Crippen MR) is 102 cm³/mol. The second-order valence-electron chi connectivity index (χ2n) is 5.67. The Morgan fingerprint density at radius 3 is 2.39 bits per heavy atom. The van der Waals surface area contributed by atoms with Crippen LogP contribution in [0.1, 0.15) is 11.4 Å². The van der Waals surface area contributed by atoms with Crippen molar-refractivity contribution in [3.05, 3.63) is 51.8 Å². The van der Waals surface area contributed by atoms with Crippen molar-refractivity contribution >= 4 is 28.4 Å². The van der Waals surface area contributed by atoms with Gasteiger partial charge in [0.2, 0.25) is 5.75 Å². The topological polar surface area (TPSA) is 123 Å². The summed E-state index contributed by atoms with van der Waals surface area (Å²) >= 11 is 0. The summed E-state index contributed by atoms with van der Waals surface area (Å²) in [7, 11) is 4.51. The van der Waals surface area contributed by atoms with E-state index in [4.69, 9.17) is 14.2 Å². The first-order valence-corrected chi connectivity index (χ1v) is 8.07. The third-order valence-corrected chi connectivity index (χ3v) is 4.05. The predicted octanol–water partition coefficient (Wildman–Crippen LogP) is 3.56. The number of rotatable bonds is 6. The van der Waals surface area contributed by atoms with E-state index in [1.54, 1.807) is 18.2 Å². The van der Waals surface area contributed by atoms with Crippen LogP contribution in [0.3, 0.4) is 0 Å². The molecule has 9 nitrogen and oxygen atoms in total. The van der Waals surface area contributed by atoms with Crippen molar-refractivity contribution in [2.24, 2.45) is 0 Å². The summed E-state index contributed by atoms with van der Waals surface area (Å²) in [6, 6.07) is 9.76. The van der Waals surface area contributed by atoms with Crippen molar-refractivity contribution < 1.29 is 19.1 Å². The number of allylic oxidation sites excluding steroid dienone is 1. The quantitative estimate of drug-likeness (QED) is 0.394. The number of imidazole rings is 1. The van der Waals surface area contributed by atoms with Gasteiger partial charge in [-0.2, -0.15) is 5.26 Å². The molecular weight excluding hydrogens is 364 g/mol. The van der Waals surface area contributed by atoms with Gasteiger partial charge in [-0.3, -0.25) is 10.1 Å². The molecule has 0 aliphatic carbocycles. The molecule has 1 heterocycles. The summed E-state index contributed by atoms with van der Waals surface area (Å²) in [5.74, 6) is 1.64. The first kappa shape index (κ1) is 18.7. The zero-order valence-electron chi connectivity index (χ0n) is 15.3. The average Bonchev–Trinajstić information content (AvgIpc) is 3.13. The molecule has 9 heteroatoms. The van der Waals surface area contributed by atoms with Crippen molar-refractivity contribution in [1.82, 2.24) is 9.97 Å². The van der Waals surface area contributed by atoms with E-state index in [1.807, 2.05) is 0 Å². The van der Waals surface area contributed by atoms with Crippen LogP contribution in [-0.4, -0.2) is 36.2 Å². The summed E-state index contributed by atoms with van der Waals surface area (Å²) < 4.78 is 15.9. The SMILES string of the molecule is COc1cc(/C=C(\C#N)c2nc3ccc([N+](=O)[O-])cc3[nH]2)cc(OC)c1OC. The summed E-state index contributed by atoms with van der Waals surface area (Å²) in [5.41, 5.74) is 1.81. The van der Waals surface area contributed by atoms with Crippen molar-refractivity contribution in [3.63, 3.8) is 0 Å². The fourth-order valence-corrected chi connectivity index (χ4v) is 2.74. The highest BCUT2D eigenvalue weighted by Crippen LogP contribution is 2.39. The number of aromatic amines is 1. The smallest absolute Gasteiger partial charge is 0.271 e. The van der Waals surface area contributed by atoms with Crippen LogP contribution in [0.2, 0.25) is 0 Å². The zero-order valence-corrected chi connectivity index (χ0v) is 15.3. The molecule has 2 aromatic carbocycles. The maximum atomic E-state index is 10.9. The molecule has 0 atom stereocenters. The van der Waals surface area contributed by atoms with Crippen LogP contribution in [0.5, 0.6) is 17.2 Å². The number of H-pyrrole nitrogens is 1. The maximum absolute atomic E-state index is 10.9. The van der Waals surface area contributed by atoms with Crippen molar-refractivity contribution in [3.8, 4) is 23.3 Å². The maximum Gasteiger partial charge on any atom is 0.271 e. The van der Waals surface area contributed by atoms with Crippen LogP contribution in [0.25, 0.3) is 22.7 Å². The normalized spacial score (nSPS) is 11.1.